The minimum atomic E-state index is -3.60. The average molecular weight is 255 g/mol. The fourth-order valence-corrected chi connectivity index (χ4v) is 3.66. The van der Waals surface area contributed by atoms with Gasteiger partial charge in [-0.2, -0.15) is 0 Å². The summed E-state index contributed by atoms with van der Waals surface area (Å²) in [4.78, 5) is -0.0421. The van der Waals surface area contributed by atoms with E-state index in [0.717, 1.165) is 19.3 Å². The van der Waals surface area contributed by atoms with Gasteiger partial charge >= 0.3 is 0 Å². The maximum absolute atomic E-state index is 12.0. The average Bonchev–Trinajstić information content (AvgIpc) is 2.63. The van der Waals surface area contributed by atoms with Crippen molar-refractivity contribution in [3.05, 3.63) is 24.3 Å². The summed E-state index contributed by atoms with van der Waals surface area (Å²) in [5, 5.41) is 9.55. The van der Waals surface area contributed by atoms with Gasteiger partial charge in [-0.1, -0.05) is 19.1 Å². The predicted octanol–water partition coefficient (Wildman–Crippen LogP) is 1.86. The number of sulfonamides is 1. The van der Waals surface area contributed by atoms with Gasteiger partial charge in [0.25, 0.3) is 0 Å². The third kappa shape index (κ3) is 2.79. The first-order valence-corrected chi connectivity index (χ1v) is 7.27. The van der Waals surface area contributed by atoms with Gasteiger partial charge in [0.15, 0.2) is 0 Å². The first-order valence-electron chi connectivity index (χ1n) is 5.79. The monoisotopic (exact) mass is 255 g/mol. The van der Waals surface area contributed by atoms with E-state index < -0.39 is 10.0 Å². The summed E-state index contributed by atoms with van der Waals surface area (Å²) in [6.07, 6.45) is 2.79. The van der Waals surface area contributed by atoms with Crippen molar-refractivity contribution in [3.8, 4) is 5.75 Å². The van der Waals surface area contributed by atoms with Gasteiger partial charge < -0.3 is 5.11 Å². The molecule has 0 heterocycles. The Hall–Kier alpha value is -1.07. The van der Waals surface area contributed by atoms with Gasteiger partial charge in [-0.05, 0) is 37.3 Å². The van der Waals surface area contributed by atoms with Crippen molar-refractivity contribution in [2.45, 2.75) is 37.1 Å². The molecule has 2 atom stereocenters. The van der Waals surface area contributed by atoms with E-state index in [2.05, 4.69) is 11.6 Å². The largest absolute Gasteiger partial charge is 0.507 e. The van der Waals surface area contributed by atoms with Gasteiger partial charge in [0.2, 0.25) is 10.0 Å². The summed E-state index contributed by atoms with van der Waals surface area (Å²) in [7, 11) is -3.60. The summed E-state index contributed by atoms with van der Waals surface area (Å²) >= 11 is 0. The SMILES string of the molecule is CC1CCC(NS(=O)(=O)c2ccccc2O)C1. The van der Waals surface area contributed by atoms with Crippen LogP contribution in [-0.2, 0) is 10.0 Å². The summed E-state index contributed by atoms with van der Waals surface area (Å²) in [5.74, 6) is 0.359. The number of aromatic hydroxyl groups is 1. The molecule has 0 spiro atoms. The lowest BCUT2D eigenvalue weighted by atomic mass is 10.1. The van der Waals surface area contributed by atoms with Crippen LogP contribution in [0.3, 0.4) is 0 Å². The first-order chi connectivity index (χ1) is 7.99. The Morgan fingerprint density at radius 3 is 2.59 bits per heavy atom. The summed E-state index contributed by atoms with van der Waals surface area (Å²) < 4.78 is 26.7. The van der Waals surface area contributed by atoms with Gasteiger partial charge in [-0.25, -0.2) is 13.1 Å². The highest BCUT2D eigenvalue weighted by molar-refractivity contribution is 7.89. The molecule has 0 amide bonds. The molecule has 2 rings (SSSR count). The Balaban J connectivity index is 2.17. The van der Waals surface area contributed by atoms with Crippen molar-refractivity contribution < 1.29 is 13.5 Å². The van der Waals surface area contributed by atoms with Gasteiger partial charge in [0, 0.05) is 6.04 Å². The lowest BCUT2D eigenvalue weighted by molar-refractivity contribution is 0.456. The highest BCUT2D eigenvalue weighted by Crippen LogP contribution is 2.27. The van der Waals surface area contributed by atoms with Crippen LogP contribution in [-0.4, -0.2) is 19.6 Å². The second-order valence-electron chi connectivity index (χ2n) is 4.70. The zero-order chi connectivity index (χ0) is 12.5. The minimum absolute atomic E-state index is 0.00499. The molecule has 1 saturated carbocycles. The lowest BCUT2D eigenvalue weighted by Crippen LogP contribution is -2.32. The van der Waals surface area contributed by atoms with Crippen LogP contribution in [0, 0.1) is 5.92 Å². The molecule has 1 aliphatic carbocycles. The summed E-state index contributed by atoms with van der Waals surface area (Å²) in [6, 6.07) is 5.99. The minimum Gasteiger partial charge on any atom is -0.507 e. The molecule has 0 saturated heterocycles. The predicted molar refractivity (Wildman–Crippen MR) is 65.2 cm³/mol. The Morgan fingerprint density at radius 1 is 1.29 bits per heavy atom. The number of hydrogen-bond acceptors (Lipinski definition) is 3. The molecule has 2 unspecified atom stereocenters. The Labute approximate surface area is 102 Å². The van der Waals surface area contributed by atoms with Gasteiger partial charge in [0.05, 0.1) is 0 Å². The maximum Gasteiger partial charge on any atom is 0.244 e. The topological polar surface area (TPSA) is 66.4 Å². The molecular weight excluding hydrogens is 238 g/mol. The van der Waals surface area contributed by atoms with E-state index in [-0.39, 0.29) is 16.7 Å². The number of nitrogens with one attached hydrogen (secondary N) is 1. The van der Waals surface area contributed by atoms with E-state index in [0.29, 0.717) is 5.92 Å². The molecule has 1 aromatic rings. The standard InChI is InChI=1S/C12H17NO3S/c1-9-6-7-10(8-9)13-17(15,16)12-5-3-2-4-11(12)14/h2-5,9-10,13-14H,6-8H2,1H3. The Bertz CT molecular complexity index is 498. The molecule has 5 heteroatoms. The molecule has 4 nitrogen and oxygen atoms in total. The first kappa shape index (κ1) is 12.4. The second-order valence-corrected chi connectivity index (χ2v) is 6.39. The zero-order valence-electron chi connectivity index (χ0n) is 9.76. The lowest BCUT2D eigenvalue weighted by Gasteiger charge is -2.13. The number of phenolic OH excluding ortho intramolecular Hbond substituents is 1. The normalized spacial score (nSPS) is 25.0. The van der Waals surface area contributed by atoms with Crippen LogP contribution in [0.25, 0.3) is 0 Å². The van der Waals surface area contributed by atoms with E-state index >= 15 is 0 Å². The fraction of sp³-hybridized carbons (Fsp3) is 0.500. The Kier molecular flexibility index (Phi) is 3.40. The molecule has 1 aliphatic rings. The number of para-hydroxylation sites is 1. The van der Waals surface area contributed by atoms with Crippen LogP contribution in [0.5, 0.6) is 5.75 Å². The highest BCUT2D eigenvalue weighted by Gasteiger charge is 2.27. The van der Waals surface area contributed by atoms with E-state index in [4.69, 9.17) is 0 Å². The quantitative estimate of drug-likeness (QED) is 0.866. The Morgan fingerprint density at radius 2 is 2.00 bits per heavy atom. The third-order valence-corrected chi connectivity index (χ3v) is 4.74. The van der Waals surface area contributed by atoms with Crippen LogP contribution in [0.15, 0.2) is 29.2 Å². The number of phenols is 1. The van der Waals surface area contributed by atoms with E-state index in [9.17, 15) is 13.5 Å². The third-order valence-electron chi connectivity index (χ3n) is 3.17. The van der Waals surface area contributed by atoms with Crippen LogP contribution < -0.4 is 4.72 Å². The molecule has 0 radical (unpaired) electrons. The molecule has 1 aromatic carbocycles. The smallest absolute Gasteiger partial charge is 0.244 e. The van der Waals surface area contributed by atoms with Crippen molar-refractivity contribution in [3.63, 3.8) is 0 Å². The van der Waals surface area contributed by atoms with Crippen LogP contribution in [0.2, 0.25) is 0 Å². The van der Waals surface area contributed by atoms with Crippen LogP contribution in [0.1, 0.15) is 26.2 Å². The van der Waals surface area contributed by atoms with Crippen molar-refractivity contribution in [2.24, 2.45) is 5.92 Å². The number of hydrogen-bond donors (Lipinski definition) is 2. The summed E-state index contributed by atoms with van der Waals surface area (Å²) in [6.45, 7) is 2.12. The number of benzene rings is 1. The molecule has 2 N–H and O–H groups in total. The summed E-state index contributed by atoms with van der Waals surface area (Å²) in [5.41, 5.74) is 0. The molecule has 1 fully saturated rings. The maximum atomic E-state index is 12.0. The van der Waals surface area contributed by atoms with Crippen molar-refractivity contribution >= 4 is 10.0 Å². The van der Waals surface area contributed by atoms with E-state index in [1.807, 2.05) is 0 Å². The van der Waals surface area contributed by atoms with Crippen molar-refractivity contribution in [2.75, 3.05) is 0 Å². The fourth-order valence-electron chi connectivity index (χ4n) is 2.28. The molecular formula is C12H17NO3S. The van der Waals surface area contributed by atoms with Gasteiger partial charge in [-0.15, -0.1) is 0 Å². The molecule has 17 heavy (non-hydrogen) atoms. The van der Waals surface area contributed by atoms with E-state index in [1.165, 1.54) is 12.1 Å². The van der Waals surface area contributed by atoms with E-state index in [1.54, 1.807) is 12.1 Å². The van der Waals surface area contributed by atoms with Gasteiger partial charge in [0.1, 0.15) is 10.6 Å². The van der Waals surface area contributed by atoms with Crippen molar-refractivity contribution in [1.29, 1.82) is 0 Å². The molecule has 0 aromatic heterocycles. The highest BCUT2D eigenvalue weighted by atomic mass is 32.2. The zero-order valence-corrected chi connectivity index (χ0v) is 10.6. The van der Waals surface area contributed by atoms with Crippen LogP contribution >= 0.6 is 0 Å². The second kappa shape index (κ2) is 4.66. The number of rotatable bonds is 3. The van der Waals surface area contributed by atoms with Crippen LogP contribution in [0.4, 0.5) is 0 Å². The molecule has 0 bridgehead atoms. The van der Waals surface area contributed by atoms with Crippen molar-refractivity contribution in [1.82, 2.24) is 4.72 Å². The van der Waals surface area contributed by atoms with Gasteiger partial charge in [-0.3, -0.25) is 0 Å². The molecule has 0 aliphatic heterocycles. The molecule has 94 valence electrons.